The van der Waals surface area contributed by atoms with E-state index in [1.807, 2.05) is 52.0 Å². The number of ether oxygens (including phenoxy) is 1. The third-order valence-corrected chi connectivity index (χ3v) is 5.79. The van der Waals surface area contributed by atoms with Gasteiger partial charge in [-0.2, -0.15) is 0 Å². The monoisotopic (exact) mass is 383 g/mol. The topological polar surface area (TPSA) is 48.0 Å². The third kappa shape index (κ3) is 3.18. The molecule has 0 atom stereocenters. The SMILES string of the molecule is CC1(C)OB(c2ccc(OC(=O)N3CCc4ccccc43)cc2F)OC1(C)C. The van der Waals surface area contributed by atoms with Gasteiger partial charge in [0.2, 0.25) is 0 Å². The normalized spacial score (nSPS) is 19.6. The van der Waals surface area contributed by atoms with Crippen LogP contribution >= 0.6 is 0 Å². The minimum Gasteiger partial charge on any atom is -0.410 e. The Balaban J connectivity index is 1.49. The number of hydrogen-bond acceptors (Lipinski definition) is 4. The van der Waals surface area contributed by atoms with Crippen LogP contribution < -0.4 is 15.1 Å². The van der Waals surface area contributed by atoms with Gasteiger partial charge in [0.25, 0.3) is 0 Å². The van der Waals surface area contributed by atoms with Crippen LogP contribution in [0.25, 0.3) is 0 Å². The van der Waals surface area contributed by atoms with Crippen LogP contribution in [0.15, 0.2) is 42.5 Å². The molecule has 0 bridgehead atoms. The summed E-state index contributed by atoms with van der Waals surface area (Å²) in [5.74, 6) is -0.391. The van der Waals surface area contributed by atoms with E-state index in [4.69, 9.17) is 14.0 Å². The molecule has 1 fully saturated rings. The summed E-state index contributed by atoms with van der Waals surface area (Å²) in [5.41, 5.74) is 1.10. The molecule has 2 aliphatic rings. The summed E-state index contributed by atoms with van der Waals surface area (Å²) in [4.78, 5) is 14.1. The van der Waals surface area contributed by atoms with Crippen molar-refractivity contribution in [1.29, 1.82) is 0 Å². The Morgan fingerprint density at radius 2 is 1.79 bits per heavy atom. The number of nitrogens with zero attached hydrogens (tertiary/aromatic N) is 1. The van der Waals surface area contributed by atoms with E-state index in [-0.39, 0.29) is 11.2 Å². The summed E-state index contributed by atoms with van der Waals surface area (Å²) in [6.45, 7) is 8.19. The molecule has 2 aromatic carbocycles. The van der Waals surface area contributed by atoms with Crippen LogP contribution in [0.2, 0.25) is 0 Å². The lowest BCUT2D eigenvalue weighted by Crippen LogP contribution is -2.41. The first kappa shape index (κ1) is 19.0. The van der Waals surface area contributed by atoms with Gasteiger partial charge in [-0.05, 0) is 51.8 Å². The van der Waals surface area contributed by atoms with E-state index < -0.39 is 30.2 Å². The van der Waals surface area contributed by atoms with Crippen molar-refractivity contribution in [1.82, 2.24) is 0 Å². The quantitative estimate of drug-likeness (QED) is 0.743. The van der Waals surface area contributed by atoms with Crippen molar-refractivity contribution < 1.29 is 23.2 Å². The Hall–Kier alpha value is -2.38. The summed E-state index contributed by atoms with van der Waals surface area (Å²) >= 11 is 0. The van der Waals surface area contributed by atoms with Gasteiger partial charge in [-0.15, -0.1) is 0 Å². The van der Waals surface area contributed by atoms with Crippen LogP contribution in [0.3, 0.4) is 0 Å². The van der Waals surface area contributed by atoms with E-state index in [2.05, 4.69) is 0 Å². The van der Waals surface area contributed by atoms with Gasteiger partial charge in [0.15, 0.2) is 0 Å². The van der Waals surface area contributed by atoms with Crippen LogP contribution in [0, 0.1) is 5.82 Å². The van der Waals surface area contributed by atoms with E-state index >= 15 is 0 Å². The second kappa shape index (κ2) is 6.60. The second-order valence-corrected chi connectivity index (χ2v) is 8.17. The van der Waals surface area contributed by atoms with Gasteiger partial charge in [-0.3, -0.25) is 4.90 Å². The molecule has 7 heteroatoms. The number of carbonyl (C=O) groups excluding carboxylic acids is 1. The number of carbonyl (C=O) groups is 1. The predicted octanol–water partition coefficient (Wildman–Crippen LogP) is 3.69. The number of fused-ring (bicyclic) bond motifs is 1. The number of benzene rings is 2. The first-order valence-electron chi connectivity index (χ1n) is 9.40. The number of hydrogen-bond donors (Lipinski definition) is 0. The van der Waals surface area contributed by atoms with Gasteiger partial charge < -0.3 is 14.0 Å². The van der Waals surface area contributed by atoms with Gasteiger partial charge in [-0.25, -0.2) is 9.18 Å². The van der Waals surface area contributed by atoms with Crippen molar-refractivity contribution in [2.75, 3.05) is 11.4 Å². The molecular weight excluding hydrogens is 360 g/mol. The number of rotatable bonds is 2. The zero-order valence-corrected chi connectivity index (χ0v) is 16.5. The highest BCUT2D eigenvalue weighted by Gasteiger charge is 2.52. The van der Waals surface area contributed by atoms with Crippen molar-refractivity contribution in [3.8, 4) is 5.75 Å². The maximum Gasteiger partial charge on any atom is 0.497 e. The molecule has 0 saturated carbocycles. The number of para-hydroxylation sites is 1. The average molecular weight is 383 g/mol. The van der Waals surface area contributed by atoms with Gasteiger partial charge in [-0.1, -0.05) is 24.3 Å². The lowest BCUT2D eigenvalue weighted by Gasteiger charge is -2.32. The molecule has 5 nitrogen and oxygen atoms in total. The van der Waals surface area contributed by atoms with E-state index in [0.29, 0.717) is 6.54 Å². The summed E-state index contributed by atoms with van der Waals surface area (Å²) < 4.78 is 31.9. The van der Waals surface area contributed by atoms with Crippen LogP contribution in [-0.2, 0) is 15.7 Å². The Morgan fingerprint density at radius 3 is 2.46 bits per heavy atom. The Kier molecular flexibility index (Phi) is 4.47. The Bertz CT molecular complexity index is 914. The highest BCUT2D eigenvalue weighted by atomic mass is 19.1. The fraction of sp³-hybridized carbons (Fsp3) is 0.381. The highest BCUT2D eigenvalue weighted by Crippen LogP contribution is 2.37. The molecule has 0 unspecified atom stereocenters. The van der Waals surface area contributed by atoms with Gasteiger partial charge in [0.1, 0.15) is 11.6 Å². The highest BCUT2D eigenvalue weighted by molar-refractivity contribution is 6.62. The Labute approximate surface area is 164 Å². The molecule has 0 spiro atoms. The summed E-state index contributed by atoms with van der Waals surface area (Å²) in [7, 11) is -0.805. The van der Waals surface area contributed by atoms with Crippen molar-refractivity contribution in [2.24, 2.45) is 0 Å². The van der Waals surface area contributed by atoms with Crippen LogP contribution in [0.4, 0.5) is 14.9 Å². The molecule has 1 amide bonds. The summed E-state index contributed by atoms with van der Waals surface area (Å²) in [5, 5.41) is 0. The predicted molar refractivity (Wildman–Crippen MR) is 106 cm³/mol. The molecule has 146 valence electrons. The van der Waals surface area contributed by atoms with Crippen LogP contribution in [0.5, 0.6) is 5.75 Å². The van der Waals surface area contributed by atoms with Crippen molar-refractivity contribution in [3.05, 3.63) is 53.8 Å². The molecule has 0 aliphatic carbocycles. The first-order chi connectivity index (χ1) is 13.2. The van der Waals surface area contributed by atoms with E-state index in [0.717, 1.165) is 17.7 Å². The van der Waals surface area contributed by atoms with Gasteiger partial charge in [0, 0.05) is 18.1 Å². The van der Waals surface area contributed by atoms with Crippen molar-refractivity contribution in [3.63, 3.8) is 0 Å². The first-order valence-corrected chi connectivity index (χ1v) is 9.40. The molecule has 0 aromatic heterocycles. The maximum atomic E-state index is 14.7. The van der Waals surface area contributed by atoms with Crippen molar-refractivity contribution >= 4 is 24.4 Å². The standard InChI is InChI=1S/C21H23BFNO4/c1-20(2)21(3,4)28-22(27-20)16-10-9-15(13-17(16)23)26-19(25)24-12-11-14-7-5-6-8-18(14)24/h5-10,13H,11-12H2,1-4H3. The number of anilines is 1. The molecule has 28 heavy (non-hydrogen) atoms. The zero-order chi connectivity index (χ0) is 20.1. The molecular formula is C21H23BFNO4. The smallest absolute Gasteiger partial charge is 0.410 e. The lowest BCUT2D eigenvalue weighted by atomic mass is 9.78. The Morgan fingerprint density at radius 1 is 1.11 bits per heavy atom. The molecule has 2 aliphatic heterocycles. The second-order valence-electron chi connectivity index (χ2n) is 8.17. The molecule has 0 N–H and O–H groups in total. The van der Waals surface area contributed by atoms with Gasteiger partial charge >= 0.3 is 13.2 Å². The van der Waals surface area contributed by atoms with E-state index in [1.165, 1.54) is 12.1 Å². The number of amides is 1. The zero-order valence-electron chi connectivity index (χ0n) is 16.5. The minimum atomic E-state index is -0.805. The third-order valence-electron chi connectivity index (χ3n) is 5.79. The maximum absolute atomic E-state index is 14.7. The van der Waals surface area contributed by atoms with Crippen molar-refractivity contribution in [2.45, 2.75) is 45.3 Å². The summed E-state index contributed by atoms with van der Waals surface area (Å²) in [6.07, 6.45) is 0.258. The molecule has 0 radical (unpaired) electrons. The average Bonchev–Trinajstić information content (AvgIpc) is 3.13. The van der Waals surface area contributed by atoms with Gasteiger partial charge in [0.05, 0.1) is 16.9 Å². The van der Waals surface area contributed by atoms with E-state index in [1.54, 1.807) is 11.0 Å². The molecule has 2 heterocycles. The minimum absolute atomic E-state index is 0.146. The largest absolute Gasteiger partial charge is 0.497 e. The lowest BCUT2D eigenvalue weighted by molar-refractivity contribution is 0.00578. The number of halogens is 1. The fourth-order valence-electron chi connectivity index (χ4n) is 3.42. The van der Waals surface area contributed by atoms with Crippen LogP contribution in [0.1, 0.15) is 33.3 Å². The van der Waals surface area contributed by atoms with E-state index in [9.17, 15) is 9.18 Å². The van der Waals surface area contributed by atoms with Crippen LogP contribution in [-0.4, -0.2) is 31.0 Å². The molecule has 4 rings (SSSR count). The molecule has 1 saturated heterocycles. The fourth-order valence-corrected chi connectivity index (χ4v) is 3.42. The summed E-state index contributed by atoms with van der Waals surface area (Å²) in [6, 6.07) is 12.0. The molecule has 2 aromatic rings.